The van der Waals surface area contributed by atoms with E-state index in [2.05, 4.69) is 15.4 Å². The standard InChI is InChI=1S/C24H31N5O4/c1-14(31)23-17-7-8-25-11-21(17)28(27-23)12-22(32)29-19-9-16(19)10-20(29)24(33)26-18(13-30)15-5-3-2-4-6-15/h7-8,11,15-16,18-20,30H,2-6,9-10,12-13H2,1H3,(H,26,33)/t16-,18-,19-,20+/m1/s1. The number of hydrogen-bond donors (Lipinski definition) is 2. The van der Waals surface area contributed by atoms with Crippen LogP contribution >= 0.6 is 0 Å². The van der Waals surface area contributed by atoms with Gasteiger partial charge in [0.2, 0.25) is 11.8 Å². The fourth-order valence-corrected chi connectivity index (χ4v) is 5.79. The molecule has 2 aromatic heterocycles. The zero-order valence-electron chi connectivity index (χ0n) is 18.9. The quantitative estimate of drug-likeness (QED) is 0.616. The molecule has 9 nitrogen and oxygen atoms in total. The molecule has 2 aromatic rings. The number of nitrogens with zero attached hydrogens (tertiary/aromatic N) is 4. The number of hydrogen-bond acceptors (Lipinski definition) is 6. The number of amides is 2. The number of carbonyl (C=O) groups excluding carboxylic acids is 3. The predicted octanol–water partition coefficient (Wildman–Crippen LogP) is 1.68. The lowest BCUT2D eigenvalue weighted by molar-refractivity contribution is -0.140. The van der Waals surface area contributed by atoms with E-state index in [4.69, 9.17) is 0 Å². The first-order chi connectivity index (χ1) is 16.0. The Kier molecular flexibility index (Phi) is 5.90. The third kappa shape index (κ3) is 4.14. The van der Waals surface area contributed by atoms with Crippen LogP contribution in [0, 0.1) is 11.8 Å². The summed E-state index contributed by atoms with van der Waals surface area (Å²) in [5.74, 6) is 0.130. The Morgan fingerprint density at radius 1 is 1.21 bits per heavy atom. The summed E-state index contributed by atoms with van der Waals surface area (Å²) in [6, 6.07) is 1.03. The third-order valence-electron chi connectivity index (χ3n) is 7.61. The van der Waals surface area contributed by atoms with E-state index in [1.54, 1.807) is 23.4 Å². The lowest BCUT2D eigenvalue weighted by atomic mass is 9.84. The fraction of sp³-hybridized carbons (Fsp3) is 0.625. The van der Waals surface area contributed by atoms with Crippen LogP contribution in [0.3, 0.4) is 0 Å². The summed E-state index contributed by atoms with van der Waals surface area (Å²) in [5, 5.41) is 18.0. The predicted molar refractivity (Wildman–Crippen MR) is 120 cm³/mol. The second kappa shape index (κ2) is 8.85. The first-order valence-corrected chi connectivity index (χ1v) is 12.0. The molecule has 1 aliphatic heterocycles. The zero-order chi connectivity index (χ0) is 23.1. The number of Topliss-reactive ketones (excluding diaryl/α,β-unsaturated/α-hetero) is 1. The number of likely N-dealkylation sites (tertiary alicyclic amines) is 1. The average Bonchev–Trinajstić information content (AvgIpc) is 3.33. The molecular formula is C24H31N5O4. The molecule has 5 rings (SSSR count). The maximum absolute atomic E-state index is 13.4. The minimum absolute atomic E-state index is 0.0471. The molecular weight excluding hydrogens is 422 g/mol. The SMILES string of the molecule is CC(=O)c1nn(CC(=O)N2[C@@H]3C[C@@H]3C[C@H]2C(=O)N[C@H](CO)C2CCCCC2)c2cnccc12. The van der Waals surface area contributed by atoms with Crippen molar-refractivity contribution in [1.82, 2.24) is 25.0 Å². The Morgan fingerprint density at radius 3 is 2.73 bits per heavy atom. The van der Waals surface area contributed by atoms with E-state index in [0.29, 0.717) is 34.9 Å². The number of aliphatic hydroxyl groups is 1. The molecule has 0 bridgehead atoms. The molecule has 2 amide bonds. The molecule has 4 atom stereocenters. The van der Waals surface area contributed by atoms with E-state index in [-0.39, 0.29) is 42.8 Å². The van der Waals surface area contributed by atoms with Gasteiger partial charge in [-0.1, -0.05) is 19.3 Å². The summed E-state index contributed by atoms with van der Waals surface area (Å²) in [6.07, 6.45) is 10.3. The number of pyridine rings is 1. The molecule has 3 aliphatic rings. The van der Waals surface area contributed by atoms with Crippen molar-refractivity contribution in [1.29, 1.82) is 0 Å². The molecule has 3 fully saturated rings. The van der Waals surface area contributed by atoms with E-state index in [1.807, 2.05) is 0 Å². The Bertz CT molecular complexity index is 1080. The number of piperidine rings is 1. The van der Waals surface area contributed by atoms with E-state index < -0.39 is 6.04 Å². The van der Waals surface area contributed by atoms with Gasteiger partial charge in [0, 0.05) is 24.5 Å². The molecule has 176 valence electrons. The minimum Gasteiger partial charge on any atom is -0.394 e. The van der Waals surface area contributed by atoms with Crippen LogP contribution in [0.1, 0.15) is 62.4 Å². The largest absolute Gasteiger partial charge is 0.394 e. The summed E-state index contributed by atoms with van der Waals surface area (Å²) in [7, 11) is 0. The van der Waals surface area contributed by atoms with Gasteiger partial charge in [0.15, 0.2) is 5.78 Å². The van der Waals surface area contributed by atoms with Crippen LogP contribution in [0.15, 0.2) is 18.5 Å². The molecule has 2 saturated carbocycles. The van der Waals surface area contributed by atoms with Gasteiger partial charge in [-0.05, 0) is 43.6 Å². The number of fused-ring (bicyclic) bond motifs is 2. The number of aromatic nitrogens is 3. The molecule has 33 heavy (non-hydrogen) atoms. The first kappa shape index (κ1) is 22.0. The van der Waals surface area contributed by atoms with E-state index in [1.165, 1.54) is 18.0 Å². The first-order valence-electron chi connectivity index (χ1n) is 12.0. The van der Waals surface area contributed by atoms with E-state index in [0.717, 1.165) is 32.1 Å². The Balaban J connectivity index is 1.32. The molecule has 2 N–H and O–H groups in total. The summed E-state index contributed by atoms with van der Waals surface area (Å²) in [4.78, 5) is 44.4. The second-order valence-corrected chi connectivity index (χ2v) is 9.77. The van der Waals surface area contributed by atoms with Gasteiger partial charge in [0.1, 0.15) is 18.3 Å². The van der Waals surface area contributed by atoms with Crippen LogP contribution in [0.4, 0.5) is 0 Å². The summed E-state index contributed by atoms with van der Waals surface area (Å²) >= 11 is 0. The van der Waals surface area contributed by atoms with Gasteiger partial charge in [0.25, 0.3) is 0 Å². The van der Waals surface area contributed by atoms with Gasteiger partial charge in [-0.3, -0.25) is 24.0 Å². The highest BCUT2D eigenvalue weighted by Gasteiger charge is 2.56. The molecule has 0 aromatic carbocycles. The monoisotopic (exact) mass is 453 g/mol. The highest BCUT2D eigenvalue weighted by Crippen LogP contribution is 2.48. The summed E-state index contributed by atoms with van der Waals surface area (Å²) in [5.41, 5.74) is 0.944. The van der Waals surface area contributed by atoms with Crippen molar-refractivity contribution < 1.29 is 19.5 Å². The molecule has 0 radical (unpaired) electrons. The van der Waals surface area contributed by atoms with Gasteiger partial charge < -0.3 is 15.3 Å². The van der Waals surface area contributed by atoms with Crippen molar-refractivity contribution in [2.45, 2.75) is 76.5 Å². The van der Waals surface area contributed by atoms with E-state index in [9.17, 15) is 19.5 Å². The van der Waals surface area contributed by atoms with Crippen molar-refractivity contribution in [3.63, 3.8) is 0 Å². The number of rotatable bonds is 7. The number of ketones is 1. The number of nitrogens with one attached hydrogen (secondary N) is 1. The second-order valence-electron chi connectivity index (χ2n) is 9.77. The van der Waals surface area contributed by atoms with Crippen LogP contribution in [0.2, 0.25) is 0 Å². The molecule has 9 heteroatoms. The molecule has 2 aliphatic carbocycles. The Hall–Kier alpha value is -2.81. The van der Waals surface area contributed by atoms with Gasteiger partial charge in [-0.15, -0.1) is 0 Å². The van der Waals surface area contributed by atoms with Crippen LogP contribution in [0.5, 0.6) is 0 Å². The zero-order valence-corrected chi connectivity index (χ0v) is 18.9. The average molecular weight is 454 g/mol. The summed E-state index contributed by atoms with van der Waals surface area (Å²) < 4.78 is 1.52. The molecule has 1 saturated heterocycles. The fourth-order valence-electron chi connectivity index (χ4n) is 5.79. The van der Waals surface area contributed by atoms with Crippen molar-refractivity contribution in [2.75, 3.05) is 6.61 Å². The highest BCUT2D eigenvalue weighted by molar-refractivity contribution is 6.04. The highest BCUT2D eigenvalue weighted by atomic mass is 16.3. The van der Waals surface area contributed by atoms with Gasteiger partial charge in [0.05, 0.1) is 24.4 Å². The summed E-state index contributed by atoms with van der Waals surface area (Å²) in [6.45, 7) is 1.33. The Morgan fingerprint density at radius 2 is 2.00 bits per heavy atom. The van der Waals surface area contributed by atoms with Gasteiger partial charge >= 0.3 is 0 Å². The molecule has 0 spiro atoms. The third-order valence-corrected chi connectivity index (χ3v) is 7.61. The van der Waals surface area contributed by atoms with Gasteiger partial charge in [-0.2, -0.15) is 5.10 Å². The normalized spacial score (nSPS) is 25.6. The number of aliphatic hydroxyl groups excluding tert-OH is 1. The molecule has 3 heterocycles. The van der Waals surface area contributed by atoms with Crippen LogP contribution in [-0.4, -0.2) is 67.1 Å². The lowest BCUT2D eigenvalue weighted by Crippen LogP contribution is -2.53. The minimum atomic E-state index is -0.522. The van der Waals surface area contributed by atoms with Crippen molar-refractivity contribution in [2.24, 2.45) is 11.8 Å². The smallest absolute Gasteiger partial charge is 0.245 e. The maximum Gasteiger partial charge on any atom is 0.245 e. The van der Waals surface area contributed by atoms with Gasteiger partial charge in [-0.25, -0.2) is 0 Å². The topological polar surface area (TPSA) is 117 Å². The van der Waals surface area contributed by atoms with E-state index >= 15 is 0 Å². The lowest BCUT2D eigenvalue weighted by Gasteiger charge is -2.32. The van der Waals surface area contributed by atoms with Crippen LogP contribution in [-0.2, 0) is 16.1 Å². The Labute approximate surface area is 192 Å². The van der Waals surface area contributed by atoms with Crippen LogP contribution < -0.4 is 5.32 Å². The molecule has 0 unspecified atom stereocenters. The number of carbonyl (C=O) groups is 3. The van der Waals surface area contributed by atoms with Crippen molar-refractivity contribution in [3.05, 3.63) is 24.2 Å². The maximum atomic E-state index is 13.4. The van der Waals surface area contributed by atoms with Crippen LogP contribution in [0.25, 0.3) is 10.9 Å². The van der Waals surface area contributed by atoms with Crippen molar-refractivity contribution in [3.8, 4) is 0 Å². The van der Waals surface area contributed by atoms with Crippen molar-refractivity contribution >= 4 is 28.5 Å².